The van der Waals surface area contributed by atoms with Crippen LogP contribution in [0.15, 0.2) is 66.7 Å². The van der Waals surface area contributed by atoms with Crippen LogP contribution in [-0.2, 0) is 0 Å². The number of halogens is 1. The molecule has 4 rings (SSSR count). The molecule has 138 valence electrons. The molecular weight excluding hydrogens is 378 g/mol. The lowest BCUT2D eigenvalue weighted by Gasteiger charge is -2.10. The topological polar surface area (TPSA) is 65.5 Å². The number of ether oxygens (including phenoxy) is 2. The smallest absolute Gasteiger partial charge is 0.345 e. The third-order valence-electron chi connectivity index (χ3n) is 4.28. The highest BCUT2D eigenvalue weighted by Crippen LogP contribution is 2.39. The van der Waals surface area contributed by atoms with Gasteiger partial charge in [-0.25, -0.2) is 4.79 Å². The van der Waals surface area contributed by atoms with E-state index in [1.165, 1.54) is 6.20 Å². The quantitative estimate of drug-likeness (QED) is 0.361. The van der Waals surface area contributed by atoms with Crippen LogP contribution >= 0.6 is 11.6 Å². The molecule has 6 heteroatoms. The minimum absolute atomic E-state index is 0.191. The number of hydrogen-bond donors (Lipinski definition) is 0. The number of rotatable bonds is 3. The van der Waals surface area contributed by atoms with Crippen LogP contribution in [0, 0.1) is 6.92 Å². The molecule has 5 nitrogen and oxygen atoms in total. The average molecular weight is 392 g/mol. The van der Waals surface area contributed by atoms with E-state index < -0.39 is 5.97 Å². The second-order valence-electron chi connectivity index (χ2n) is 6.19. The van der Waals surface area contributed by atoms with Gasteiger partial charge in [0.15, 0.2) is 5.76 Å². The maximum absolute atomic E-state index is 12.7. The summed E-state index contributed by atoms with van der Waals surface area (Å²) in [5.41, 5.74) is 2.08. The molecule has 0 aliphatic carbocycles. The number of pyridine rings is 1. The van der Waals surface area contributed by atoms with E-state index in [4.69, 9.17) is 21.1 Å². The molecule has 0 atom stereocenters. The number of fused-ring (bicyclic) bond motifs is 1. The predicted molar refractivity (Wildman–Crippen MR) is 105 cm³/mol. The summed E-state index contributed by atoms with van der Waals surface area (Å²) in [5, 5.41) is 0.568. The first-order valence-corrected chi connectivity index (χ1v) is 8.86. The Morgan fingerprint density at radius 1 is 1.18 bits per heavy atom. The SMILES string of the molecule is Cc1c(OC(=O)c2cccnc2)ccc2c1O/C(=C\c1cccc(Cl)c1)C2=O. The number of Topliss-reactive ketones (excluding diaryl/α,β-unsaturated/α-hetero) is 1. The Bertz CT molecular complexity index is 1120. The van der Waals surface area contributed by atoms with E-state index in [0.717, 1.165) is 5.56 Å². The van der Waals surface area contributed by atoms with Crippen molar-refractivity contribution in [3.8, 4) is 11.5 Å². The number of carbonyl (C=O) groups is 2. The summed E-state index contributed by atoms with van der Waals surface area (Å²) in [6.45, 7) is 1.74. The number of esters is 1. The molecular formula is C22H14ClNO4. The first kappa shape index (κ1) is 17.9. The highest BCUT2D eigenvalue weighted by molar-refractivity contribution is 6.30. The first-order chi connectivity index (χ1) is 13.5. The van der Waals surface area contributed by atoms with Gasteiger partial charge in [-0.15, -0.1) is 0 Å². The zero-order chi connectivity index (χ0) is 19.7. The number of aromatic nitrogens is 1. The Kier molecular flexibility index (Phi) is 4.67. The lowest BCUT2D eigenvalue weighted by atomic mass is 10.1. The molecule has 2 aromatic carbocycles. The summed E-state index contributed by atoms with van der Waals surface area (Å²) in [6.07, 6.45) is 4.64. The standard InChI is InChI=1S/C22H14ClNO4/c1-13-18(28-22(26)15-5-3-9-24-12-15)8-7-17-20(25)19(27-21(13)17)11-14-4-2-6-16(23)10-14/h2-12H,1H3/b19-11-. The van der Waals surface area contributed by atoms with Crippen molar-refractivity contribution >= 4 is 29.4 Å². The third kappa shape index (κ3) is 3.40. The second-order valence-corrected chi connectivity index (χ2v) is 6.63. The minimum atomic E-state index is -0.532. The normalized spacial score (nSPS) is 13.9. The molecule has 0 spiro atoms. The lowest BCUT2D eigenvalue weighted by molar-refractivity contribution is 0.0732. The van der Waals surface area contributed by atoms with E-state index in [9.17, 15) is 9.59 Å². The van der Waals surface area contributed by atoms with Gasteiger partial charge in [-0.3, -0.25) is 9.78 Å². The number of hydrogen-bond acceptors (Lipinski definition) is 5. The summed E-state index contributed by atoms with van der Waals surface area (Å²) < 4.78 is 11.2. The molecule has 3 aromatic rings. The maximum Gasteiger partial charge on any atom is 0.345 e. The van der Waals surface area contributed by atoms with Crippen molar-refractivity contribution in [2.75, 3.05) is 0 Å². The van der Waals surface area contributed by atoms with Crippen LogP contribution in [0.4, 0.5) is 0 Å². The lowest BCUT2D eigenvalue weighted by Crippen LogP contribution is -2.09. The first-order valence-electron chi connectivity index (χ1n) is 8.48. The predicted octanol–water partition coefficient (Wildman–Crippen LogP) is 4.88. The van der Waals surface area contributed by atoms with Crippen molar-refractivity contribution in [2.45, 2.75) is 6.92 Å². The maximum atomic E-state index is 12.7. The number of carbonyl (C=O) groups excluding carboxylic acids is 2. The number of nitrogens with zero attached hydrogens (tertiary/aromatic N) is 1. The molecule has 0 fully saturated rings. The van der Waals surface area contributed by atoms with E-state index in [0.29, 0.717) is 33.2 Å². The van der Waals surface area contributed by atoms with Crippen LogP contribution in [-0.4, -0.2) is 16.7 Å². The van der Waals surface area contributed by atoms with Crippen molar-refractivity contribution < 1.29 is 19.1 Å². The third-order valence-corrected chi connectivity index (χ3v) is 4.52. The highest BCUT2D eigenvalue weighted by atomic mass is 35.5. The minimum Gasteiger partial charge on any atom is -0.452 e. The fourth-order valence-electron chi connectivity index (χ4n) is 2.87. The Morgan fingerprint density at radius 2 is 2.04 bits per heavy atom. The largest absolute Gasteiger partial charge is 0.452 e. The van der Waals surface area contributed by atoms with Crippen LogP contribution in [0.5, 0.6) is 11.5 Å². The summed E-state index contributed by atoms with van der Waals surface area (Å²) in [7, 11) is 0. The van der Waals surface area contributed by atoms with Crippen molar-refractivity contribution in [1.29, 1.82) is 0 Å². The van der Waals surface area contributed by atoms with Crippen molar-refractivity contribution in [2.24, 2.45) is 0 Å². The summed E-state index contributed by atoms with van der Waals surface area (Å²) >= 11 is 5.99. The molecule has 0 radical (unpaired) electrons. The fourth-order valence-corrected chi connectivity index (χ4v) is 3.07. The van der Waals surface area contributed by atoms with E-state index in [-0.39, 0.29) is 11.5 Å². The molecule has 2 heterocycles. The Labute approximate surface area is 166 Å². The zero-order valence-electron chi connectivity index (χ0n) is 14.8. The Morgan fingerprint density at radius 3 is 2.79 bits per heavy atom. The van der Waals surface area contributed by atoms with Crippen LogP contribution < -0.4 is 9.47 Å². The summed E-state index contributed by atoms with van der Waals surface area (Å²) in [5.74, 6) is 0.133. The molecule has 0 bridgehead atoms. The van der Waals surface area contributed by atoms with E-state index in [1.807, 2.05) is 6.07 Å². The molecule has 0 N–H and O–H groups in total. The van der Waals surface area contributed by atoms with E-state index >= 15 is 0 Å². The van der Waals surface area contributed by atoms with Gasteiger partial charge in [-0.05, 0) is 55.0 Å². The van der Waals surface area contributed by atoms with Crippen LogP contribution in [0.3, 0.4) is 0 Å². The Hall–Kier alpha value is -3.44. The summed E-state index contributed by atoms with van der Waals surface area (Å²) in [4.78, 5) is 28.8. The van der Waals surface area contributed by atoms with Crippen LogP contribution in [0.2, 0.25) is 5.02 Å². The molecule has 28 heavy (non-hydrogen) atoms. The number of allylic oxidation sites excluding steroid dienone is 1. The van der Waals surface area contributed by atoms with Crippen LogP contribution in [0.25, 0.3) is 6.08 Å². The van der Waals surface area contributed by atoms with Gasteiger partial charge < -0.3 is 9.47 Å². The number of benzene rings is 2. The Balaban J connectivity index is 1.63. The number of ketones is 1. The van der Waals surface area contributed by atoms with Crippen LogP contribution in [0.1, 0.15) is 31.8 Å². The van der Waals surface area contributed by atoms with E-state index in [1.54, 1.807) is 61.7 Å². The van der Waals surface area contributed by atoms with Gasteiger partial charge in [0, 0.05) is 23.0 Å². The molecule has 0 unspecified atom stereocenters. The van der Waals surface area contributed by atoms with Gasteiger partial charge in [-0.1, -0.05) is 23.7 Å². The summed E-state index contributed by atoms with van der Waals surface area (Å²) in [6, 6.07) is 13.6. The van der Waals surface area contributed by atoms with Crippen molar-refractivity contribution in [1.82, 2.24) is 4.98 Å². The molecule has 1 aliphatic heterocycles. The van der Waals surface area contributed by atoms with Gasteiger partial charge in [0.2, 0.25) is 5.78 Å². The molecule has 0 amide bonds. The van der Waals surface area contributed by atoms with Gasteiger partial charge >= 0.3 is 5.97 Å². The van der Waals surface area contributed by atoms with Gasteiger partial charge in [0.05, 0.1) is 11.1 Å². The monoisotopic (exact) mass is 391 g/mol. The molecule has 0 saturated heterocycles. The van der Waals surface area contributed by atoms with Crippen molar-refractivity contribution in [3.63, 3.8) is 0 Å². The van der Waals surface area contributed by atoms with Gasteiger partial charge in [-0.2, -0.15) is 0 Å². The average Bonchev–Trinajstić information content (AvgIpc) is 3.01. The van der Waals surface area contributed by atoms with Crippen molar-refractivity contribution in [3.05, 3.63) is 94.0 Å². The molecule has 1 aliphatic rings. The van der Waals surface area contributed by atoms with Gasteiger partial charge in [0.1, 0.15) is 11.5 Å². The molecule has 1 aromatic heterocycles. The zero-order valence-corrected chi connectivity index (χ0v) is 15.6. The highest BCUT2D eigenvalue weighted by Gasteiger charge is 2.30. The second kappa shape index (κ2) is 7.29. The van der Waals surface area contributed by atoms with E-state index in [2.05, 4.69) is 4.98 Å². The fraction of sp³-hybridized carbons (Fsp3) is 0.0455. The molecule has 0 saturated carbocycles. The van der Waals surface area contributed by atoms with Gasteiger partial charge in [0.25, 0.3) is 0 Å².